The van der Waals surface area contributed by atoms with Gasteiger partial charge in [-0.15, -0.1) is 0 Å². The Kier molecular flexibility index (Phi) is 6.78. The summed E-state index contributed by atoms with van der Waals surface area (Å²) in [7, 11) is 0. The number of nitrogens with one attached hydrogen (secondary N) is 1. The van der Waals surface area contributed by atoms with E-state index in [1.807, 2.05) is 37.3 Å². The average molecular weight is 425 g/mol. The summed E-state index contributed by atoms with van der Waals surface area (Å²) in [4.78, 5) is 28.0. The zero-order valence-electron chi connectivity index (χ0n) is 16.0. The van der Waals surface area contributed by atoms with Crippen molar-refractivity contribution in [2.45, 2.75) is 19.8 Å². The normalized spacial score (nSPS) is 10.3. The lowest BCUT2D eigenvalue weighted by Crippen LogP contribution is -2.21. The number of carbonyl (C=O) groups excluding carboxylic acids is 2. The molecule has 30 heavy (non-hydrogen) atoms. The Hall–Kier alpha value is -3.70. The van der Waals surface area contributed by atoms with Crippen LogP contribution >= 0.6 is 11.6 Å². The quantitative estimate of drug-likeness (QED) is 0.574. The molecule has 1 amide bonds. The lowest BCUT2D eigenvalue weighted by Gasteiger charge is -2.07. The average Bonchev–Trinajstić information content (AvgIpc) is 3.20. The summed E-state index contributed by atoms with van der Waals surface area (Å²) >= 11 is 5.91. The van der Waals surface area contributed by atoms with E-state index < -0.39 is 18.5 Å². The monoisotopic (exact) mass is 424 g/mol. The van der Waals surface area contributed by atoms with Crippen LogP contribution in [-0.2, 0) is 20.7 Å². The van der Waals surface area contributed by atoms with Gasteiger partial charge in [0.2, 0.25) is 11.7 Å². The minimum Gasteiger partial charge on any atom is -0.456 e. The van der Waals surface area contributed by atoms with Gasteiger partial charge in [-0.25, -0.2) is 0 Å². The minimum absolute atomic E-state index is 0.00843. The van der Waals surface area contributed by atoms with E-state index in [-0.39, 0.29) is 17.9 Å². The topological polar surface area (TPSA) is 118 Å². The molecule has 2 aromatic carbocycles. The Morgan fingerprint density at radius 3 is 2.70 bits per heavy atom. The molecule has 1 N–H and O–H groups in total. The number of anilines is 1. The molecule has 0 aliphatic heterocycles. The van der Waals surface area contributed by atoms with Crippen LogP contribution in [0, 0.1) is 18.3 Å². The van der Waals surface area contributed by atoms with E-state index in [1.54, 1.807) is 0 Å². The summed E-state index contributed by atoms with van der Waals surface area (Å²) in [5, 5.41) is 15.5. The molecule has 0 saturated carbocycles. The van der Waals surface area contributed by atoms with Gasteiger partial charge in [0.1, 0.15) is 6.07 Å². The number of carbonyl (C=O) groups is 2. The molecular formula is C21H17ClN4O4. The van der Waals surface area contributed by atoms with Crippen molar-refractivity contribution in [3.05, 3.63) is 64.5 Å². The predicted molar refractivity (Wildman–Crippen MR) is 109 cm³/mol. The Labute approximate surface area is 177 Å². The molecule has 0 aliphatic carbocycles. The van der Waals surface area contributed by atoms with Crippen molar-refractivity contribution < 1.29 is 18.8 Å². The highest BCUT2D eigenvalue weighted by atomic mass is 35.5. The Balaban J connectivity index is 1.44. The summed E-state index contributed by atoms with van der Waals surface area (Å²) < 4.78 is 10.1. The van der Waals surface area contributed by atoms with Crippen molar-refractivity contribution in [2.24, 2.45) is 0 Å². The molecule has 3 rings (SSSR count). The first-order chi connectivity index (χ1) is 14.4. The van der Waals surface area contributed by atoms with Crippen molar-refractivity contribution in [3.63, 3.8) is 0 Å². The zero-order chi connectivity index (χ0) is 21.5. The van der Waals surface area contributed by atoms with Crippen molar-refractivity contribution in [2.75, 3.05) is 11.9 Å². The van der Waals surface area contributed by atoms with Gasteiger partial charge in [-0.3, -0.25) is 9.59 Å². The van der Waals surface area contributed by atoms with E-state index in [0.29, 0.717) is 23.0 Å². The van der Waals surface area contributed by atoms with E-state index in [4.69, 9.17) is 26.1 Å². The molecule has 152 valence electrons. The van der Waals surface area contributed by atoms with E-state index >= 15 is 0 Å². The maximum Gasteiger partial charge on any atom is 0.306 e. The summed E-state index contributed by atoms with van der Waals surface area (Å²) in [6, 6.07) is 14.1. The van der Waals surface area contributed by atoms with Gasteiger partial charge in [-0.2, -0.15) is 10.2 Å². The Morgan fingerprint density at radius 1 is 1.23 bits per heavy atom. The van der Waals surface area contributed by atoms with Crippen LogP contribution in [0.3, 0.4) is 0 Å². The molecule has 0 aliphatic rings. The fraction of sp³-hybridized carbons (Fsp3) is 0.190. The number of hydrogen-bond acceptors (Lipinski definition) is 7. The second kappa shape index (κ2) is 9.67. The highest BCUT2D eigenvalue weighted by molar-refractivity contribution is 6.32. The van der Waals surface area contributed by atoms with Gasteiger partial charge in [0.15, 0.2) is 6.61 Å². The number of halogens is 1. The van der Waals surface area contributed by atoms with E-state index in [2.05, 4.69) is 15.5 Å². The molecular weight excluding hydrogens is 408 g/mol. The molecule has 0 unspecified atom stereocenters. The van der Waals surface area contributed by atoms with Crippen LogP contribution in [0.15, 0.2) is 47.0 Å². The number of hydrogen-bond donors (Lipinski definition) is 1. The van der Waals surface area contributed by atoms with E-state index in [1.165, 1.54) is 18.2 Å². The van der Waals surface area contributed by atoms with Crippen molar-refractivity contribution in [3.8, 4) is 17.5 Å². The molecule has 1 aromatic heterocycles. The van der Waals surface area contributed by atoms with E-state index in [0.717, 1.165) is 11.1 Å². The molecule has 3 aromatic rings. The number of nitrogens with zero attached hydrogens (tertiary/aromatic N) is 3. The summed E-state index contributed by atoms with van der Waals surface area (Å²) in [5.41, 5.74) is 2.64. The van der Waals surface area contributed by atoms with Crippen LogP contribution in [0.5, 0.6) is 0 Å². The highest BCUT2D eigenvalue weighted by Gasteiger charge is 2.13. The number of esters is 1. The molecule has 0 bridgehead atoms. The van der Waals surface area contributed by atoms with Crippen LogP contribution in [0.4, 0.5) is 5.69 Å². The SMILES string of the molecule is Cc1ccc(-c2noc(CCC(=O)OCC(=O)Nc3ccc(C#N)c(Cl)c3)n2)cc1. The van der Waals surface area contributed by atoms with Gasteiger partial charge in [0, 0.05) is 17.7 Å². The van der Waals surface area contributed by atoms with Gasteiger partial charge in [-0.1, -0.05) is 46.6 Å². The summed E-state index contributed by atoms with van der Waals surface area (Å²) in [6.07, 6.45) is 0.191. The third kappa shape index (κ3) is 5.65. The number of aromatic nitrogens is 2. The summed E-state index contributed by atoms with van der Waals surface area (Å²) in [6.45, 7) is 1.53. The van der Waals surface area contributed by atoms with Gasteiger partial charge in [0.05, 0.1) is 17.0 Å². The Morgan fingerprint density at radius 2 is 2.00 bits per heavy atom. The molecule has 0 fully saturated rings. The predicted octanol–water partition coefficient (Wildman–Crippen LogP) is 3.68. The fourth-order valence-corrected chi connectivity index (χ4v) is 2.71. The van der Waals surface area contributed by atoms with Crippen molar-refractivity contribution in [1.29, 1.82) is 5.26 Å². The molecule has 0 spiro atoms. The number of rotatable bonds is 7. The molecule has 0 radical (unpaired) electrons. The molecule has 8 nitrogen and oxygen atoms in total. The second-order valence-corrected chi connectivity index (χ2v) is 6.80. The summed E-state index contributed by atoms with van der Waals surface area (Å²) in [5.74, 6) is -0.348. The molecule has 9 heteroatoms. The van der Waals surface area contributed by atoms with Gasteiger partial charge in [-0.05, 0) is 25.1 Å². The van der Waals surface area contributed by atoms with Crippen LogP contribution in [0.1, 0.15) is 23.4 Å². The first-order valence-corrected chi connectivity index (χ1v) is 9.37. The third-order valence-electron chi connectivity index (χ3n) is 4.06. The first-order valence-electron chi connectivity index (χ1n) is 8.99. The molecule has 0 atom stereocenters. The standard InChI is InChI=1S/C21H17ClN4O4/c1-13-2-4-14(5-3-13)21-25-19(30-26-21)8-9-20(28)29-12-18(27)24-16-7-6-15(11-23)17(22)10-16/h2-7,10H,8-9,12H2,1H3,(H,24,27). The van der Waals surface area contributed by atoms with Crippen LogP contribution < -0.4 is 5.32 Å². The number of aryl methyl sites for hydroxylation is 2. The second-order valence-electron chi connectivity index (χ2n) is 6.39. The van der Waals surface area contributed by atoms with Crippen LogP contribution in [0.25, 0.3) is 11.4 Å². The minimum atomic E-state index is -0.571. The maximum absolute atomic E-state index is 11.9. The molecule has 1 heterocycles. The zero-order valence-corrected chi connectivity index (χ0v) is 16.8. The highest BCUT2D eigenvalue weighted by Crippen LogP contribution is 2.20. The number of amides is 1. The molecule has 0 saturated heterocycles. The van der Waals surface area contributed by atoms with Gasteiger partial charge in [0.25, 0.3) is 5.91 Å². The number of nitriles is 1. The maximum atomic E-state index is 11.9. The van der Waals surface area contributed by atoms with Crippen molar-refractivity contribution in [1.82, 2.24) is 10.1 Å². The van der Waals surface area contributed by atoms with Crippen LogP contribution in [-0.4, -0.2) is 28.6 Å². The lowest BCUT2D eigenvalue weighted by molar-refractivity contribution is -0.147. The van der Waals surface area contributed by atoms with Crippen molar-refractivity contribution >= 4 is 29.2 Å². The smallest absolute Gasteiger partial charge is 0.306 e. The Bertz CT molecular complexity index is 1100. The van der Waals surface area contributed by atoms with Crippen LogP contribution in [0.2, 0.25) is 5.02 Å². The van der Waals surface area contributed by atoms with Gasteiger partial charge < -0.3 is 14.6 Å². The lowest BCUT2D eigenvalue weighted by atomic mass is 10.1. The largest absolute Gasteiger partial charge is 0.456 e. The number of benzene rings is 2. The number of ether oxygens (including phenoxy) is 1. The first kappa shape index (κ1) is 21.0. The van der Waals surface area contributed by atoms with E-state index in [9.17, 15) is 9.59 Å². The third-order valence-corrected chi connectivity index (χ3v) is 4.37. The fourth-order valence-electron chi connectivity index (χ4n) is 2.48. The van der Waals surface area contributed by atoms with Gasteiger partial charge >= 0.3 is 5.97 Å².